The number of benzene rings is 4. The number of ether oxygens (including phenoxy) is 6. The van der Waals surface area contributed by atoms with E-state index >= 15 is 0 Å². The van der Waals surface area contributed by atoms with Gasteiger partial charge in [0.1, 0.15) is 11.5 Å². The summed E-state index contributed by atoms with van der Waals surface area (Å²) in [7, 11) is 3.34. The summed E-state index contributed by atoms with van der Waals surface area (Å²) >= 11 is 5.89. The van der Waals surface area contributed by atoms with Gasteiger partial charge in [-0.1, -0.05) is 37.8 Å². The second-order valence-corrected chi connectivity index (χ2v) is 10.9. The van der Waals surface area contributed by atoms with Crippen molar-refractivity contribution < 1.29 is 148 Å². The van der Waals surface area contributed by atoms with E-state index in [0.29, 0.717) is 12.4 Å². The van der Waals surface area contributed by atoms with Crippen LogP contribution in [0.3, 0.4) is 0 Å². The Morgan fingerprint density at radius 3 is 1.78 bits per heavy atom. The molecule has 0 spiro atoms. The molecule has 0 amide bonds. The average Bonchev–Trinajstić information content (AvgIpc) is 4.03. The molecule has 1 aromatic heterocycles. The number of halogens is 1. The van der Waals surface area contributed by atoms with Gasteiger partial charge in [-0.05, 0) is 82.9 Å². The van der Waals surface area contributed by atoms with Gasteiger partial charge in [0.05, 0.1) is 27.3 Å². The van der Waals surface area contributed by atoms with E-state index in [0.717, 1.165) is 74.4 Å². The second-order valence-electron chi connectivity index (χ2n) is 10.7. The van der Waals surface area contributed by atoms with Gasteiger partial charge in [0, 0.05) is 35.6 Å². The summed E-state index contributed by atoms with van der Waals surface area (Å²) in [5.74, 6) is 5.19. The van der Waals surface area contributed by atoms with Crippen LogP contribution in [0, 0.1) is 0 Å². The molecule has 0 N–H and O–H groups in total. The number of aliphatic imine (C=N–C) groups is 1. The van der Waals surface area contributed by atoms with Gasteiger partial charge in [0.25, 0.3) is 6.47 Å². The van der Waals surface area contributed by atoms with Crippen molar-refractivity contribution in [1.82, 2.24) is 9.78 Å². The molecule has 4 heterocycles. The van der Waals surface area contributed by atoms with Gasteiger partial charge in [-0.15, -0.1) is 11.6 Å². The molecule has 3 aliphatic rings. The Balaban J connectivity index is 0.000000428. The number of alkyl halides is 1. The molecule has 274 valence electrons. The fraction of sp³-hybridized carbons (Fsp3) is 0.205. The summed E-state index contributed by atoms with van der Waals surface area (Å²) < 4.78 is 34.4. The molecular weight excluding hydrogens is 768 g/mol. The third kappa shape index (κ3) is 13.5. The van der Waals surface area contributed by atoms with Gasteiger partial charge in [-0.2, -0.15) is 5.10 Å². The Morgan fingerprint density at radius 2 is 1.35 bits per heavy atom. The number of carbonyl (C=O) groups is 1. The minimum atomic E-state index is -0.181. The van der Waals surface area contributed by atoms with E-state index in [4.69, 9.17) is 50.1 Å². The predicted octanol–water partition coefficient (Wildman–Crippen LogP) is 0.984. The van der Waals surface area contributed by atoms with Crippen LogP contribution < -0.4 is 136 Å². The molecule has 3 aliphatic heterocycles. The Kier molecular flexibility index (Phi) is 22.4. The number of rotatable bonds is 8. The van der Waals surface area contributed by atoms with Crippen molar-refractivity contribution in [3.05, 3.63) is 115 Å². The standard InChI is InChI=1S/C18H16N2O3.C15H13ClO3.C4H5N.CH2O3.CH4.2K.H/c1-21-16-5-3-13(11-20-8-2-7-19-20)9-15(16)14-4-6-17-18(10-14)23-12-22-17;1-17-13-4-2-10(8-16)6-12(13)11-3-5-14-15(7-11)19-9-18-14;1-2-4-5-3-1;2-1-4-3;;;;/h2-10H,11-12H2,1H3;2-7H,8-9H2,1H3;1-3H,4H2;1,3H;1H4;;;/q;;;;;2*+1;-1/p-1. The summed E-state index contributed by atoms with van der Waals surface area (Å²) in [6.07, 6.45) is 9.49. The van der Waals surface area contributed by atoms with Crippen molar-refractivity contribution in [3.8, 4) is 56.8 Å². The quantitative estimate of drug-likeness (QED) is 0.0735. The molecule has 0 saturated heterocycles. The van der Waals surface area contributed by atoms with Crippen LogP contribution in [-0.2, 0) is 22.1 Å². The molecule has 54 heavy (non-hydrogen) atoms. The molecular formula is C39H40ClK2N3O9. The zero-order valence-electron chi connectivity index (χ0n) is 30.9. The van der Waals surface area contributed by atoms with Crippen LogP contribution in [0.4, 0.5) is 0 Å². The van der Waals surface area contributed by atoms with Crippen LogP contribution in [0.15, 0.2) is 108 Å². The van der Waals surface area contributed by atoms with E-state index in [9.17, 15) is 0 Å². The van der Waals surface area contributed by atoms with Gasteiger partial charge in [0.2, 0.25) is 13.6 Å². The summed E-state index contributed by atoms with van der Waals surface area (Å²) in [6, 6.07) is 25.8. The summed E-state index contributed by atoms with van der Waals surface area (Å²) in [5.41, 5.74) is 6.29. The van der Waals surface area contributed by atoms with Crippen LogP contribution in [0.5, 0.6) is 34.5 Å². The fourth-order valence-corrected chi connectivity index (χ4v) is 5.32. The van der Waals surface area contributed by atoms with Gasteiger partial charge < -0.3 is 40.0 Å². The summed E-state index contributed by atoms with van der Waals surface area (Å²) in [4.78, 5) is 15.1. The predicted molar refractivity (Wildman–Crippen MR) is 197 cm³/mol. The van der Waals surface area contributed by atoms with E-state index in [-0.39, 0.29) is 132 Å². The van der Waals surface area contributed by atoms with E-state index < -0.39 is 0 Å². The molecule has 15 heteroatoms. The zero-order chi connectivity index (χ0) is 35.8. The fourth-order valence-electron chi connectivity index (χ4n) is 5.16. The van der Waals surface area contributed by atoms with E-state index in [1.165, 1.54) is 0 Å². The molecule has 8 rings (SSSR count). The van der Waals surface area contributed by atoms with Crippen molar-refractivity contribution in [3.63, 3.8) is 0 Å². The third-order valence-electron chi connectivity index (χ3n) is 7.53. The normalized spacial score (nSPS) is 11.7. The number of carbonyl (C=O) groups excluding carboxylic acids is 1. The van der Waals surface area contributed by atoms with Crippen molar-refractivity contribution in [2.45, 2.75) is 19.9 Å². The number of fused-ring (bicyclic) bond motifs is 2. The average molecular weight is 808 g/mol. The van der Waals surface area contributed by atoms with E-state index in [1.807, 2.05) is 89.8 Å². The second kappa shape index (κ2) is 25.5. The van der Waals surface area contributed by atoms with Crippen molar-refractivity contribution in [2.75, 3.05) is 34.4 Å². The van der Waals surface area contributed by atoms with Crippen LogP contribution in [-0.4, -0.2) is 56.8 Å². The van der Waals surface area contributed by atoms with Crippen LogP contribution >= 0.6 is 11.6 Å². The number of aromatic nitrogens is 2. The molecule has 4 aromatic carbocycles. The number of methoxy groups -OCH3 is 2. The summed E-state index contributed by atoms with van der Waals surface area (Å²) in [6.45, 7) is 1.97. The van der Waals surface area contributed by atoms with Gasteiger partial charge >= 0.3 is 103 Å². The Bertz CT molecular complexity index is 1960. The number of hydrogen-bond donors (Lipinski definition) is 0. The summed E-state index contributed by atoms with van der Waals surface area (Å²) in [5, 5.41) is 12.7. The first-order valence-electron chi connectivity index (χ1n) is 15.6. The minimum absolute atomic E-state index is 0. The van der Waals surface area contributed by atoms with Crippen molar-refractivity contribution in [1.29, 1.82) is 0 Å². The molecule has 0 atom stereocenters. The number of hydrogen-bond acceptors (Lipinski definition) is 11. The Hall–Kier alpha value is -2.71. The molecule has 12 nitrogen and oxygen atoms in total. The maximum atomic E-state index is 8.64. The molecule has 5 aromatic rings. The first-order chi connectivity index (χ1) is 25.1. The maximum absolute atomic E-state index is 8.64. The van der Waals surface area contributed by atoms with E-state index in [1.54, 1.807) is 26.6 Å². The first kappa shape index (κ1) is 47.4. The largest absolute Gasteiger partial charge is 1.00 e. The van der Waals surface area contributed by atoms with Crippen LogP contribution in [0.2, 0.25) is 0 Å². The Morgan fingerprint density at radius 1 is 0.815 bits per heavy atom. The van der Waals surface area contributed by atoms with Gasteiger partial charge in [-0.25, -0.2) is 0 Å². The topological polar surface area (TPSA) is 135 Å². The SMILES string of the molecule is C.C1=CCN=C1.COc1ccc(CCl)cc1-c1ccc2c(c1)OCO2.COc1ccc(Cn2cccn2)cc1-c1ccc2c(c1)OCO2.O=CO[O-].[H-].[K+].[K+]. The first-order valence-corrected chi connectivity index (χ1v) is 16.1. The zero-order valence-corrected chi connectivity index (χ0v) is 36.9. The van der Waals surface area contributed by atoms with Crippen LogP contribution in [0.25, 0.3) is 22.3 Å². The molecule has 0 fully saturated rings. The maximum Gasteiger partial charge on any atom is 1.00 e. The smallest absolute Gasteiger partial charge is 1.00 e. The molecule has 0 unspecified atom stereocenters. The molecule has 0 aliphatic carbocycles. The monoisotopic (exact) mass is 807 g/mol. The van der Waals surface area contributed by atoms with Crippen molar-refractivity contribution in [2.24, 2.45) is 4.99 Å². The van der Waals surface area contributed by atoms with Crippen molar-refractivity contribution >= 4 is 24.3 Å². The van der Waals surface area contributed by atoms with E-state index in [2.05, 4.69) is 27.1 Å². The number of allylic oxidation sites excluding steroid dienone is 1. The van der Waals surface area contributed by atoms with Crippen LogP contribution in [0.1, 0.15) is 20.0 Å². The minimum Gasteiger partial charge on any atom is -1.00 e. The Labute approximate surface area is 406 Å². The van der Waals surface area contributed by atoms with Gasteiger partial charge in [0.15, 0.2) is 23.0 Å². The molecule has 0 bridgehead atoms. The number of nitrogens with zero attached hydrogens (tertiary/aromatic N) is 3. The molecule has 0 saturated carbocycles. The van der Waals surface area contributed by atoms with Gasteiger partial charge in [-0.3, -0.25) is 14.5 Å². The third-order valence-corrected chi connectivity index (χ3v) is 7.84. The molecule has 0 radical (unpaired) electrons.